The summed E-state index contributed by atoms with van der Waals surface area (Å²) < 4.78 is 22.3. The van der Waals surface area contributed by atoms with Crippen molar-refractivity contribution in [2.75, 3.05) is 17.2 Å². The van der Waals surface area contributed by atoms with Crippen LogP contribution >= 0.6 is 0 Å². The second-order valence-corrected chi connectivity index (χ2v) is 7.88. The van der Waals surface area contributed by atoms with E-state index in [2.05, 4.69) is 5.32 Å². The van der Waals surface area contributed by atoms with E-state index in [-0.39, 0.29) is 24.0 Å². The Morgan fingerprint density at radius 1 is 1.23 bits per heavy atom. The normalized spacial score (nSPS) is 22.3. The van der Waals surface area contributed by atoms with Crippen molar-refractivity contribution in [2.24, 2.45) is 11.1 Å². The topological polar surface area (TPSA) is 92.5 Å². The van der Waals surface area contributed by atoms with Crippen LogP contribution in [0.25, 0.3) is 0 Å². The first kappa shape index (κ1) is 15.5. The number of hydrogen-bond donors (Lipinski definition) is 2. The van der Waals surface area contributed by atoms with Gasteiger partial charge in [-0.3, -0.25) is 4.79 Å². The van der Waals surface area contributed by atoms with Crippen LogP contribution in [0.5, 0.6) is 0 Å². The second-order valence-electron chi connectivity index (χ2n) is 6.23. The molecule has 1 aromatic rings. The van der Waals surface area contributed by atoms with Crippen LogP contribution in [0.3, 0.4) is 0 Å². The molecule has 3 rings (SSSR count). The minimum atomic E-state index is -3.54. The van der Waals surface area contributed by atoms with E-state index in [1.54, 1.807) is 4.90 Å². The lowest BCUT2D eigenvalue weighted by atomic mass is 10.1. The van der Waals surface area contributed by atoms with E-state index in [1.165, 1.54) is 18.4 Å². The zero-order chi connectivity index (χ0) is 15.7. The summed E-state index contributed by atoms with van der Waals surface area (Å²) in [6.45, 7) is 1.25. The van der Waals surface area contributed by atoms with Gasteiger partial charge in [-0.1, -0.05) is 12.1 Å². The number of amides is 1. The molecule has 7 heteroatoms. The second kappa shape index (κ2) is 5.98. The highest BCUT2D eigenvalue weighted by molar-refractivity contribution is 7.89. The number of nitrogens with two attached hydrogens (primary N) is 1. The summed E-state index contributed by atoms with van der Waals surface area (Å²) >= 11 is 0. The fourth-order valence-corrected chi connectivity index (χ4v) is 3.69. The summed E-state index contributed by atoms with van der Waals surface area (Å²) in [6, 6.07) is 8.51. The van der Waals surface area contributed by atoms with Crippen LogP contribution in [0.1, 0.15) is 24.8 Å². The van der Waals surface area contributed by atoms with Crippen molar-refractivity contribution in [1.29, 1.82) is 0 Å². The van der Waals surface area contributed by atoms with Crippen LogP contribution in [0.2, 0.25) is 0 Å². The van der Waals surface area contributed by atoms with Gasteiger partial charge in [0.2, 0.25) is 15.9 Å². The maximum Gasteiger partial charge on any atom is 0.227 e. The predicted molar refractivity (Wildman–Crippen MR) is 84.7 cm³/mol. The van der Waals surface area contributed by atoms with Gasteiger partial charge in [0, 0.05) is 37.2 Å². The fraction of sp³-hybridized carbons (Fsp3) is 0.533. The van der Waals surface area contributed by atoms with Crippen molar-refractivity contribution in [3.05, 3.63) is 29.8 Å². The van der Waals surface area contributed by atoms with Gasteiger partial charge in [0.1, 0.15) is 0 Å². The molecule has 22 heavy (non-hydrogen) atoms. The van der Waals surface area contributed by atoms with Crippen LogP contribution in [-0.2, 0) is 21.4 Å². The number of hydrogen-bond acceptors (Lipinski definition) is 4. The molecule has 1 saturated carbocycles. The fourth-order valence-electron chi connectivity index (χ4n) is 2.81. The lowest BCUT2D eigenvalue weighted by Gasteiger charge is -2.17. The summed E-state index contributed by atoms with van der Waals surface area (Å²) in [5.41, 5.74) is 2.00. The van der Waals surface area contributed by atoms with Crippen LogP contribution in [-0.4, -0.2) is 32.7 Å². The van der Waals surface area contributed by atoms with Gasteiger partial charge in [0.25, 0.3) is 0 Å². The highest BCUT2D eigenvalue weighted by Crippen LogP contribution is 2.26. The van der Waals surface area contributed by atoms with E-state index in [9.17, 15) is 13.2 Å². The van der Waals surface area contributed by atoms with Crippen molar-refractivity contribution >= 4 is 21.6 Å². The third kappa shape index (κ3) is 4.06. The summed E-state index contributed by atoms with van der Waals surface area (Å²) in [7, 11) is -3.54. The maximum absolute atomic E-state index is 12.1. The number of anilines is 1. The summed E-state index contributed by atoms with van der Waals surface area (Å²) in [4.78, 5) is 13.7. The van der Waals surface area contributed by atoms with E-state index >= 15 is 0 Å². The standard InChI is InChI=1S/C15H21N3O3S/c16-22(20,21)10-12-7-15(19)18(9-12)14-5-1-11(2-6-14)8-17-13-3-4-13/h1-2,5-6,12-13,17H,3-4,7-10H2,(H2,16,20,21). The van der Waals surface area contributed by atoms with Crippen LogP contribution in [0.15, 0.2) is 24.3 Å². The third-order valence-electron chi connectivity index (χ3n) is 4.09. The molecule has 6 nitrogen and oxygen atoms in total. The SMILES string of the molecule is NS(=O)(=O)CC1CC(=O)N(c2ccc(CNC3CC3)cc2)C1. The monoisotopic (exact) mass is 323 g/mol. The number of rotatable bonds is 6. The average Bonchev–Trinajstić information content (AvgIpc) is 3.19. The molecule has 1 aliphatic heterocycles. The highest BCUT2D eigenvalue weighted by atomic mass is 32.2. The van der Waals surface area contributed by atoms with E-state index < -0.39 is 10.0 Å². The summed E-state index contributed by atoms with van der Waals surface area (Å²) in [5.74, 6) is -0.408. The molecule has 0 bridgehead atoms. The molecule has 1 aliphatic carbocycles. The smallest absolute Gasteiger partial charge is 0.227 e. The lowest BCUT2D eigenvalue weighted by molar-refractivity contribution is -0.117. The zero-order valence-electron chi connectivity index (χ0n) is 12.4. The molecule has 1 unspecified atom stereocenters. The first-order chi connectivity index (χ1) is 10.4. The van der Waals surface area contributed by atoms with Gasteiger partial charge in [-0.2, -0.15) is 0 Å². The number of carbonyl (C=O) groups is 1. The average molecular weight is 323 g/mol. The molecule has 1 saturated heterocycles. The molecule has 0 aromatic heterocycles. The van der Waals surface area contributed by atoms with Gasteiger partial charge < -0.3 is 10.2 Å². The van der Waals surface area contributed by atoms with Gasteiger partial charge in [0.15, 0.2) is 0 Å². The van der Waals surface area contributed by atoms with Crippen molar-refractivity contribution in [3.63, 3.8) is 0 Å². The van der Waals surface area contributed by atoms with Crippen LogP contribution in [0.4, 0.5) is 5.69 Å². The van der Waals surface area contributed by atoms with Gasteiger partial charge in [-0.15, -0.1) is 0 Å². The molecule has 1 atom stereocenters. The molecule has 0 radical (unpaired) electrons. The number of nitrogens with one attached hydrogen (secondary N) is 1. The van der Waals surface area contributed by atoms with Crippen LogP contribution in [0, 0.1) is 5.92 Å². The van der Waals surface area contributed by atoms with Crippen LogP contribution < -0.4 is 15.4 Å². The molecule has 0 spiro atoms. The highest BCUT2D eigenvalue weighted by Gasteiger charge is 2.32. The van der Waals surface area contributed by atoms with Crippen molar-refractivity contribution in [2.45, 2.75) is 31.8 Å². The van der Waals surface area contributed by atoms with Crippen molar-refractivity contribution < 1.29 is 13.2 Å². The van der Waals surface area contributed by atoms with E-state index in [0.29, 0.717) is 12.6 Å². The molecule has 120 valence electrons. The van der Waals surface area contributed by atoms with Crippen molar-refractivity contribution in [3.8, 4) is 0 Å². The Balaban J connectivity index is 1.61. The molecular formula is C15H21N3O3S. The first-order valence-corrected chi connectivity index (χ1v) is 9.25. The summed E-state index contributed by atoms with van der Waals surface area (Å²) in [6.07, 6.45) is 2.75. The largest absolute Gasteiger partial charge is 0.312 e. The summed E-state index contributed by atoms with van der Waals surface area (Å²) in [5, 5.41) is 8.51. The Bertz CT molecular complexity index is 653. The Morgan fingerprint density at radius 2 is 1.91 bits per heavy atom. The molecule has 3 N–H and O–H groups in total. The molecule has 1 heterocycles. The number of benzene rings is 1. The maximum atomic E-state index is 12.1. The number of primary sulfonamides is 1. The Hall–Kier alpha value is -1.44. The van der Waals surface area contributed by atoms with E-state index in [0.717, 1.165) is 12.2 Å². The van der Waals surface area contributed by atoms with Gasteiger partial charge in [0.05, 0.1) is 5.75 Å². The Labute approximate surface area is 130 Å². The van der Waals surface area contributed by atoms with Gasteiger partial charge >= 0.3 is 0 Å². The number of nitrogens with zero attached hydrogens (tertiary/aromatic N) is 1. The molecular weight excluding hydrogens is 302 g/mol. The first-order valence-electron chi connectivity index (χ1n) is 7.54. The Kier molecular flexibility index (Phi) is 4.20. The lowest BCUT2D eigenvalue weighted by Crippen LogP contribution is -2.27. The van der Waals surface area contributed by atoms with Gasteiger partial charge in [-0.05, 0) is 30.5 Å². The van der Waals surface area contributed by atoms with Crippen molar-refractivity contribution in [1.82, 2.24) is 5.32 Å². The minimum absolute atomic E-state index is 0.0440. The molecule has 1 aromatic carbocycles. The zero-order valence-corrected chi connectivity index (χ0v) is 13.2. The quantitative estimate of drug-likeness (QED) is 0.801. The minimum Gasteiger partial charge on any atom is -0.312 e. The van der Waals surface area contributed by atoms with E-state index in [4.69, 9.17) is 5.14 Å². The van der Waals surface area contributed by atoms with Gasteiger partial charge in [-0.25, -0.2) is 13.6 Å². The molecule has 1 amide bonds. The predicted octanol–water partition coefficient (Wildman–Crippen LogP) is 0.580. The molecule has 2 fully saturated rings. The molecule has 2 aliphatic rings. The van der Waals surface area contributed by atoms with E-state index in [1.807, 2.05) is 24.3 Å². The number of carbonyl (C=O) groups excluding carboxylic acids is 1. The Morgan fingerprint density at radius 3 is 2.50 bits per heavy atom. The number of sulfonamides is 1. The third-order valence-corrected chi connectivity index (χ3v) is 5.03.